The fraction of sp³-hybridized carbons (Fsp3) is 0.529. The summed E-state index contributed by atoms with van der Waals surface area (Å²) in [6, 6.07) is 9.87. The predicted octanol–water partition coefficient (Wildman–Crippen LogP) is 2.86. The van der Waals surface area contributed by atoms with Gasteiger partial charge in [0.15, 0.2) is 0 Å². The van der Waals surface area contributed by atoms with Crippen LogP contribution in [0, 0.1) is 5.92 Å². The summed E-state index contributed by atoms with van der Waals surface area (Å²) in [6.07, 6.45) is 3.88. The van der Waals surface area contributed by atoms with Crippen molar-refractivity contribution in [2.45, 2.75) is 38.6 Å². The molecule has 1 heterocycles. The molecule has 2 N–H and O–H groups in total. The van der Waals surface area contributed by atoms with Crippen LogP contribution in [0.15, 0.2) is 30.3 Å². The highest BCUT2D eigenvalue weighted by Gasteiger charge is 2.22. The van der Waals surface area contributed by atoms with Crippen LogP contribution in [-0.4, -0.2) is 35.1 Å². The van der Waals surface area contributed by atoms with Gasteiger partial charge in [-0.25, -0.2) is 4.79 Å². The summed E-state index contributed by atoms with van der Waals surface area (Å²) >= 11 is 0. The Morgan fingerprint density at radius 3 is 2.50 bits per heavy atom. The largest absolute Gasteiger partial charge is 0.481 e. The highest BCUT2D eigenvalue weighted by molar-refractivity contribution is 5.74. The monoisotopic (exact) mass is 304 g/mol. The topological polar surface area (TPSA) is 69.6 Å². The molecule has 1 saturated heterocycles. The zero-order valence-corrected chi connectivity index (χ0v) is 12.8. The Morgan fingerprint density at radius 1 is 1.18 bits per heavy atom. The summed E-state index contributed by atoms with van der Waals surface area (Å²) in [5.41, 5.74) is 1.10. The molecule has 0 radical (unpaired) electrons. The van der Waals surface area contributed by atoms with E-state index >= 15 is 0 Å². The van der Waals surface area contributed by atoms with E-state index in [2.05, 4.69) is 5.32 Å². The van der Waals surface area contributed by atoms with Crippen molar-refractivity contribution >= 4 is 12.0 Å². The number of nitrogens with zero attached hydrogens (tertiary/aromatic N) is 1. The first-order chi connectivity index (χ1) is 10.6. The van der Waals surface area contributed by atoms with Crippen molar-refractivity contribution < 1.29 is 14.7 Å². The zero-order valence-electron chi connectivity index (χ0n) is 12.8. The third kappa shape index (κ3) is 5.39. The maximum atomic E-state index is 12.1. The number of carboxylic acids is 1. The number of amides is 2. The van der Waals surface area contributed by atoms with Gasteiger partial charge < -0.3 is 15.3 Å². The number of aliphatic carboxylic acids is 1. The molecule has 0 spiro atoms. The molecule has 0 atom stereocenters. The summed E-state index contributed by atoms with van der Waals surface area (Å²) in [5.74, 6) is -0.171. The number of carbonyl (C=O) groups is 2. The van der Waals surface area contributed by atoms with Gasteiger partial charge in [0.2, 0.25) is 0 Å². The van der Waals surface area contributed by atoms with Crippen LogP contribution in [0.4, 0.5) is 4.79 Å². The molecule has 120 valence electrons. The van der Waals surface area contributed by atoms with Gasteiger partial charge in [0.05, 0.1) is 0 Å². The first-order valence-corrected chi connectivity index (χ1v) is 7.93. The molecular weight excluding hydrogens is 280 g/mol. The average Bonchev–Trinajstić information content (AvgIpc) is 2.54. The van der Waals surface area contributed by atoms with Crippen molar-refractivity contribution in [3.05, 3.63) is 35.9 Å². The van der Waals surface area contributed by atoms with Crippen molar-refractivity contribution in [2.75, 3.05) is 13.1 Å². The standard InChI is InChI=1S/C17H24N2O3/c20-16(21)8-4-7-14-9-11-19(12-10-14)17(22)18-13-15-5-2-1-3-6-15/h1-3,5-6,14H,4,7-13H2,(H,18,22)(H,20,21). The Morgan fingerprint density at radius 2 is 1.86 bits per heavy atom. The van der Waals surface area contributed by atoms with E-state index in [4.69, 9.17) is 5.11 Å². The maximum Gasteiger partial charge on any atom is 0.317 e. The van der Waals surface area contributed by atoms with Crippen LogP contribution >= 0.6 is 0 Å². The number of benzene rings is 1. The molecule has 2 rings (SSSR count). The third-order valence-corrected chi connectivity index (χ3v) is 4.19. The average molecular weight is 304 g/mol. The molecule has 0 aliphatic carbocycles. The second kappa shape index (κ2) is 8.41. The molecule has 1 aliphatic rings. The van der Waals surface area contributed by atoms with Gasteiger partial charge in [-0.05, 0) is 37.2 Å². The number of urea groups is 1. The van der Waals surface area contributed by atoms with E-state index in [0.29, 0.717) is 12.5 Å². The lowest BCUT2D eigenvalue weighted by Crippen LogP contribution is -2.44. The van der Waals surface area contributed by atoms with Gasteiger partial charge in [-0.15, -0.1) is 0 Å². The fourth-order valence-corrected chi connectivity index (χ4v) is 2.85. The third-order valence-electron chi connectivity index (χ3n) is 4.19. The molecular formula is C17H24N2O3. The van der Waals surface area contributed by atoms with Crippen molar-refractivity contribution in [3.63, 3.8) is 0 Å². The van der Waals surface area contributed by atoms with Gasteiger partial charge in [0, 0.05) is 26.1 Å². The normalized spacial score (nSPS) is 15.5. The Labute approximate surface area is 131 Å². The highest BCUT2D eigenvalue weighted by atomic mass is 16.4. The van der Waals surface area contributed by atoms with E-state index in [9.17, 15) is 9.59 Å². The van der Waals surface area contributed by atoms with E-state index in [1.54, 1.807) is 0 Å². The fourth-order valence-electron chi connectivity index (χ4n) is 2.85. The van der Waals surface area contributed by atoms with Gasteiger partial charge in [-0.2, -0.15) is 0 Å². The second-order valence-electron chi connectivity index (χ2n) is 5.86. The number of rotatable bonds is 6. The SMILES string of the molecule is O=C(O)CCCC1CCN(C(=O)NCc2ccccc2)CC1. The van der Waals surface area contributed by atoms with Gasteiger partial charge in [0.25, 0.3) is 0 Å². The predicted molar refractivity (Wildman–Crippen MR) is 84.5 cm³/mol. The van der Waals surface area contributed by atoms with Crippen LogP contribution < -0.4 is 5.32 Å². The number of hydrogen-bond donors (Lipinski definition) is 2. The minimum Gasteiger partial charge on any atom is -0.481 e. The molecule has 22 heavy (non-hydrogen) atoms. The molecule has 2 amide bonds. The van der Waals surface area contributed by atoms with E-state index in [1.807, 2.05) is 35.2 Å². The smallest absolute Gasteiger partial charge is 0.317 e. The van der Waals surface area contributed by atoms with Crippen molar-refractivity contribution in [1.29, 1.82) is 0 Å². The summed E-state index contributed by atoms with van der Waals surface area (Å²) in [4.78, 5) is 24.5. The summed E-state index contributed by atoms with van der Waals surface area (Å²) in [5, 5.41) is 11.6. The number of carboxylic acid groups (broad SMARTS) is 1. The minimum absolute atomic E-state index is 0.00663. The lowest BCUT2D eigenvalue weighted by molar-refractivity contribution is -0.137. The lowest BCUT2D eigenvalue weighted by atomic mass is 9.92. The van der Waals surface area contributed by atoms with Crippen LogP contribution in [0.1, 0.15) is 37.7 Å². The van der Waals surface area contributed by atoms with Gasteiger partial charge >= 0.3 is 12.0 Å². The van der Waals surface area contributed by atoms with E-state index in [-0.39, 0.29) is 12.5 Å². The second-order valence-corrected chi connectivity index (χ2v) is 5.86. The number of hydrogen-bond acceptors (Lipinski definition) is 2. The van der Waals surface area contributed by atoms with Crippen LogP contribution in [0.2, 0.25) is 0 Å². The van der Waals surface area contributed by atoms with E-state index < -0.39 is 5.97 Å². The minimum atomic E-state index is -0.724. The number of carbonyl (C=O) groups excluding carboxylic acids is 1. The van der Waals surface area contributed by atoms with Gasteiger partial charge in [0.1, 0.15) is 0 Å². The van der Waals surface area contributed by atoms with Gasteiger partial charge in [-0.3, -0.25) is 4.79 Å². The van der Waals surface area contributed by atoms with E-state index in [0.717, 1.165) is 44.3 Å². The molecule has 1 fully saturated rings. The molecule has 5 heteroatoms. The molecule has 5 nitrogen and oxygen atoms in total. The first kappa shape index (κ1) is 16.3. The first-order valence-electron chi connectivity index (χ1n) is 7.93. The Kier molecular flexibility index (Phi) is 6.25. The molecule has 0 saturated carbocycles. The van der Waals surface area contributed by atoms with Crippen LogP contribution in [0.5, 0.6) is 0 Å². The van der Waals surface area contributed by atoms with Crippen LogP contribution in [-0.2, 0) is 11.3 Å². The summed E-state index contributed by atoms with van der Waals surface area (Å²) in [6.45, 7) is 2.08. The Hall–Kier alpha value is -2.04. The number of nitrogens with one attached hydrogen (secondary N) is 1. The maximum absolute atomic E-state index is 12.1. The summed E-state index contributed by atoms with van der Waals surface area (Å²) in [7, 11) is 0. The number of piperidine rings is 1. The zero-order chi connectivity index (χ0) is 15.8. The molecule has 1 aromatic rings. The Balaban J connectivity index is 1.65. The van der Waals surface area contributed by atoms with Crippen molar-refractivity contribution in [1.82, 2.24) is 10.2 Å². The summed E-state index contributed by atoms with van der Waals surface area (Å²) < 4.78 is 0. The molecule has 0 unspecified atom stereocenters. The quantitative estimate of drug-likeness (QED) is 0.849. The lowest BCUT2D eigenvalue weighted by Gasteiger charge is -2.32. The molecule has 1 aromatic carbocycles. The molecule has 0 bridgehead atoms. The van der Waals surface area contributed by atoms with Crippen molar-refractivity contribution in [3.8, 4) is 0 Å². The Bertz CT molecular complexity index is 482. The van der Waals surface area contributed by atoms with Gasteiger partial charge in [-0.1, -0.05) is 30.3 Å². The molecule has 1 aliphatic heterocycles. The van der Waals surface area contributed by atoms with Crippen LogP contribution in [0.25, 0.3) is 0 Å². The van der Waals surface area contributed by atoms with E-state index in [1.165, 1.54) is 0 Å². The van der Waals surface area contributed by atoms with Crippen LogP contribution in [0.3, 0.4) is 0 Å². The van der Waals surface area contributed by atoms with Crippen molar-refractivity contribution in [2.24, 2.45) is 5.92 Å². The molecule has 0 aromatic heterocycles. The number of likely N-dealkylation sites (tertiary alicyclic amines) is 1. The highest BCUT2D eigenvalue weighted by Crippen LogP contribution is 2.22.